The summed E-state index contributed by atoms with van der Waals surface area (Å²) in [4.78, 5) is 2.20. The average Bonchev–Trinajstić information content (AvgIpc) is 2.42. The van der Waals surface area contributed by atoms with Crippen LogP contribution in [0.1, 0.15) is 36.4 Å². The van der Waals surface area contributed by atoms with Gasteiger partial charge in [-0.1, -0.05) is 12.1 Å². The zero-order valence-corrected chi connectivity index (χ0v) is 12.4. The lowest BCUT2D eigenvalue weighted by molar-refractivity contribution is 0.277. The van der Waals surface area contributed by atoms with Crippen molar-refractivity contribution in [3.05, 3.63) is 29.3 Å². The number of ether oxygens (including phenoxy) is 1. The number of rotatable bonds is 6. The molecule has 0 bridgehead atoms. The molecule has 0 amide bonds. The van der Waals surface area contributed by atoms with Gasteiger partial charge in [0.25, 0.3) is 0 Å². The lowest BCUT2D eigenvalue weighted by Crippen LogP contribution is -2.22. The first-order valence-electron chi connectivity index (χ1n) is 7.29. The van der Waals surface area contributed by atoms with Gasteiger partial charge in [0, 0.05) is 12.6 Å². The third-order valence-corrected chi connectivity index (χ3v) is 3.82. The number of hydrogen-bond donors (Lipinski definition) is 1. The quantitative estimate of drug-likeness (QED) is 0.798. The highest BCUT2D eigenvalue weighted by Crippen LogP contribution is 2.35. The third kappa shape index (κ3) is 3.71. The molecule has 0 saturated carbocycles. The molecule has 19 heavy (non-hydrogen) atoms. The zero-order valence-electron chi connectivity index (χ0n) is 12.4. The van der Waals surface area contributed by atoms with Gasteiger partial charge in [-0.15, -0.1) is 0 Å². The number of nitrogens with one attached hydrogen (secondary N) is 1. The Morgan fingerprint density at radius 2 is 2.21 bits per heavy atom. The van der Waals surface area contributed by atoms with Crippen LogP contribution < -0.4 is 10.1 Å². The number of nitrogens with zero attached hydrogens (tertiary/aromatic N) is 1. The highest BCUT2D eigenvalue weighted by atomic mass is 16.5. The summed E-state index contributed by atoms with van der Waals surface area (Å²) in [6.45, 7) is 1.88. The molecule has 0 aliphatic heterocycles. The zero-order chi connectivity index (χ0) is 13.7. The van der Waals surface area contributed by atoms with E-state index in [1.54, 1.807) is 0 Å². The normalized spacial score (nSPS) is 18.4. The third-order valence-electron chi connectivity index (χ3n) is 3.82. The lowest BCUT2D eigenvalue weighted by Gasteiger charge is -2.27. The van der Waals surface area contributed by atoms with E-state index >= 15 is 0 Å². The second-order valence-electron chi connectivity index (χ2n) is 5.56. The van der Waals surface area contributed by atoms with Crippen molar-refractivity contribution in [1.29, 1.82) is 0 Å². The molecule has 3 heteroatoms. The Morgan fingerprint density at radius 1 is 1.37 bits per heavy atom. The summed E-state index contributed by atoms with van der Waals surface area (Å²) < 4.78 is 5.99. The smallest absolute Gasteiger partial charge is 0.122 e. The van der Waals surface area contributed by atoms with Gasteiger partial charge in [-0.2, -0.15) is 0 Å². The summed E-state index contributed by atoms with van der Waals surface area (Å²) in [6, 6.07) is 6.97. The van der Waals surface area contributed by atoms with E-state index in [4.69, 9.17) is 4.74 Å². The van der Waals surface area contributed by atoms with E-state index in [0.717, 1.165) is 31.7 Å². The van der Waals surface area contributed by atoms with Crippen LogP contribution in [0.15, 0.2) is 18.2 Å². The summed E-state index contributed by atoms with van der Waals surface area (Å²) in [7, 11) is 6.24. The van der Waals surface area contributed by atoms with Gasteiger partial charge >= 0.3 is 0 Å². The molecule has 1 aromatic carbocycles. The maximum Gasteiger partial charge on any atom is 0.122 e. The second kappa shape index (κ2) is 6.92. The minimum Gasteiger partial charge on any atom is -0.493 e. The molecule has 1 aromatic rings. The molecule has 0 fully saturated rings. The van der Waals surface area contributed by atoms with Gasteiger partial charge in [-0.05, 0) is 64.0 Å². The molecular weight excluding hydrogens is 236 g/mol. The highest BCUT2D eigenvalue weighted by molar-refractivity contribution is 5.43. The highest BCUT2D eigenvalue weighted by Gasteiger charge is 2.21. The molecule has 0 spiro atoms. The summed E-state index contributed by atoms with van der Waals surface area (Å²) in [6.07, 6.45) is 4.70. The van der Waals surface area contributed by atoms with Gasteiger partial charge in [0.2, 0.25) is 0 Å². The van der Waals surface area contributed by atoms with E-state index in [2.05, 4.69) is 42.5 Å². The Kier molecular flexibility index (Phi) is 5.23. The second-order valence-corrected chi connectivity index (χ2v) is 5.56. The van der Waals surface area contributed by atoms with Crippen molar-refractivity contribution in [2.75, 3.05) is 34.3 Å². The van der Waals surface area contributed by atoms with Gasteiger partial charge in [0.1, 0.15) is 5.75 Å². The van der Waals surface area contributed by atoms with Crippen LogP contribution in [0, 0.1) is 0 Å². The Labute approximate surface area is 116 Å². The van der Waals surface area contributed by atoms with E-state index in [0.29, 0.717) is 6.04 Å². The summed E-state index contributed by atoms with van der Waals surface area (Å²) >= 11 is 0. The Morgan fingerprint density at radius 3 is 2.95 bits per heavy atom. The fourth-order valence-electron chi connectivity index (χ4n) is 2.81. The first kappa shape index (κ1) is 14.4. The fraction of sp³-hybridized carbons (Fsp3) is 0.625. The van der Waals surface area contributed by atoms with E-state index in [1.807, 2.05) is 7.05 Å². The minimum atomic E-state index is 0.495. The van der Waals surface area contributed by atoms with Crippen LogP contribution in [0.4, 0.5) is 0 Å². The molecule has 3 nitrogen and oxygen atoms in total. The van der Waals surface area contributed by atoms with Gasteiger partial charge < -0.3 is 15.0 Å². The van der Waals surface area contributed by atoms with Crippen LogP contribution in [0.2, 0.25) is 0 Å². The van der Waals surface area contributed by atoms with Crippen LogP contribution in [0.3, 0.4) is 0 Å². The maximum atomic E-state index is 5.99. The molecule has 0 aromatic heterocycles. The van der Waals surface area contributed by atoms with Crippen LogP contribution in [0.5, 0.6) is 5.75 Å². The van der Waals surface area contributed by atoms with E-state index in [9.17, 15) is 0 Å². The molecule has 1 aliphatic rings. The van der Waals surface area contributed by atoms with Gasteiger partial charge in [-0.25, -0.2) is 0 Å². The monoisotopic (exact) mass is 262 g/mol. The van der Waals surface area contributed by atoms with Crippen molar-refractivity contribution in [3.63, 3.8) is 0 Å². The number of hydrogen-bond acceptors (Lipinski definition) is 3. The van der Waals surface area contributed by atoms with Crippen LogP contribution in [-0.2, 0) is 6.42 Å². The van der Waals surface area contributed by atoms with Crippen molar-refractivity contribution >= 4 is 0 Å². The number of benzene rings is 1. The predicted molar refractivity (Wildman–Crippen MR) is 79.8 cm³/mol. The molecule has 106 valence electrons. The first-order valence-corrected chi connectivity index (χ1v) is 7.29. The Hall–Kier alpha value is -1.06. The molecule has 1 aliphatic carbocycles. The summed E-state index contributed by atoms with van der Waals surface area (Å²) in [5.74, 6) is 1.09. The van der Waals surface area contributed by atoms with E-state index in [1.165, 1.54) is 24.0 Å². The molecule has 1 atom stereocenters. The van der Waals surface area contributed by atoms with Crippen LogP contribution in [-0.4, -0.2) is 39.2 Å². The average molecular weight is 262 g/mol. The van der Waals surface area contributed by atoms with Crippen molar-refractivity contribution in [3.8, 4) is 5.75 Å². The van der Waals surface area contributed by atoms with Crippen molar-refractivity contribution < 1.29 is 4.74 Å². The summed E-state index contributed by atoms with van der Waals surface area (Å²) in [5.41, 5.74) is 2.84. The predicted octanol–water partition coefficient (Wildman–Crippen LogP) is 2.61. The van der Waals surface area contributed by atoms with Crippen LogP contribution in [0.25, 0.3) is 0 Å². The molecule has 1 unspecified atom stereocenters. The Bertz CT molecular complexity index is 404. The van der Waals surface area contributed by atoms with E-state index in [-0.39, 0.29) is 0 Å². The van der Waals surface area contributed by atoms with E-state index < -0.39 is 0 Å². The fourth-order valence-corrected chi connectivity index (χ4v) is 2.81. The first-order chi connectivity index (χ1) is 9.22. The maximum absolute atomic E-state index is 5.99. The molecule has 0 saturated heterocycles. The Balaban J connectivity index is 2.01. The molecule has 0 heterocycles. The standard InChI is InChI=1S/C16H26N2O/c1-17-15-9-4-8-14-13(15)7-5-10-16(14)19-12-6-11-18(2)3/h5,7,10,15,17H,4,6,8-9,11-12H2,1-3H3. The molecule has 2 rings (SSSR count). The molecular formula is C16H26N2O. The minimum absolute atomic E-state index is 0.495. The molecule has 1 N–H and O–H groups in total. The molecule has 0 radical (unpaired) electrons. The largest absolute Gasteiger partial charge is 0.493 e. The van der Waals surface area contributed by atoms with Gasteiger partial charge in [0.05, 0.1) is 6.61 Å². The van der Waals surface area contributed by atoms with Gasteiger partial charge in [0.15, 0.2) is 0 Å². The van der Waals surface area contributed by atoms with Crippen molar-refractivity contribution in [1.82, 2.24) is 10.2 Å². The van der Waals surface area contributed by atoms with Crippen molar-refractivity contribution in [2.45, 2.75) is 31.7 Å². The summed E-state index contributed by atoms with van der Waals surface area (Å²) in [5, 5.41) is 3.41. The topological polar surface area (TPSA) is 24.5 Å². The van der Waals surface area contributed by atoms with Crippen LogP contribution >= 0.6 is 0 Å². The van der Waals surface area contributed by atoms with Crippen molar-refractivity contribution in [2.24, 2.45) is 0 Å². The lowest BCUT2D eigenvalue weighted by atomic mass is 9.87. The SMILES string of the molecule is CNC1CCCc2c(OCCCN(C)C)cccc21. The number of fused-ring (bicyclic) bond motifs is 1. The van der Waals surface area contributed by atoms with Gasteiger partial charge in [-0.3, -0.25) is 0 Å².